The number of rotatable bonds is 2. The first kappa shape index (κ1) is 14.7. The van der Waals surface area contributed by atoms with Gasteiger partial charge in [-0.2, -0.15) is 0 Å². The number of benzene rings is 1. The number of aliphatic hydroxyl groups is 1. The molecule has 1 aromatic rings. The molecule has 1 aliphatic carbocycles. The van der Waals surface area contributed by atoms with Crippen LogP contribution in [-0.2, 0) is 6.42 Å². The average Bonchev–Trinajstić information content (AvgIpc) is 2.45. The van der Waals surface area contributed by atoms with Gasteiger partial charge in [0, 0.05) is 11.1 Å². The lowest BCUT2D eigenvalue weighted by atomic mass is 9.84. The molecular weight excluding hydrogens is 308 g/mol. The molecule has 1 N–H and O–H groups in total. The van der Waals surface area contributed by atoms with E-state index in [1.165, 1.54) is 0 Å². The van der Waals surface area contributed by atoms with Crippen LogP contribution in [0.3, 0.4) is 0 Å². The molecule has 0 saturated heterocycles. The lowest BCUT2D eigenvalue weighted by Crippen LogP contribution is -2.14. The Hall–Kier alpha value is -0.740. The maximum Gasteiger partial charge on any atom is 0.139 e. The fourth-order valence-corrected chi connectivity index (χ4v) is 3.44. The van der Waals surface area contributed by atoms with Crippen LogP contribution < -0.4 is 9.47 Å². The van der Waals surface area contributed by atoms with Gasteiger partial charge in [-0.3, -0.25) is 0 Å². The molecule has 106 valence electrons. The van der Waals surface area contributed by atoms with Gasteiger partial charge in [-0.15, -0.1) is 0 Å². The summed E-state index contributed by atoms with van der Waals surface area (Å²) in [6.07, 6.45) is 2.13. The van der Waals surface area contributed by atoms with E-state index in [4.69, 9.17) is 9.47 Å². The third-order valence-electron chi connectivity index (χ3n) is 3.90. The van der Waals surface area contributed by atoms with Crippen LogP contribution in [0.15, 0.2) is 10.5 Å². The zero-order valence-corrected chi connectivity index (χ0v) is 13.5. The topological polar surface area (TPSA) is 38.7 Å². The van der Waals surface area contributed by atoms with Gasteiger partial charge in [-0.05, 0) is 46.7 Å². The Morgan fingerprint density at radius 1 is 1.32 bits per heavy atom. The molecule has 0 spiro atoms. The quantitative estimate of drug-likeness (QED) is 0.838. The molecule has 1 atom stereocenters. The number of methoxy groups -OCH3 is 2. The third-order valence-corrected chi connectivity index (χ3v) is 4.49. The van der Waals surface area contributed by atoms with E-state index in [0.717, 1.165) is 46.4 Å². The zero-order chi connectivity index (χ0) is 14.2. The predicted molar refractivity (Wildman–Crippen MR) is 78.9 cm³/mol. The Labute approximate surface area is 123 Å². The minimum absolute atomic E-state index is 0.112. The Bertz CT molecular complexity index is 483. The molecule has 1 aromatic carbocycles. The Morgan fingerprint density at radius 2 is 2.00 bits per heavy atom. The predicted octanol–water partition coefficient (Wildman–Crippen LogP) is 3.86. The third kappa shape index (κ3) is 2.75. The van der Waals surface area contributed by atoms with Crippen LogP contribution in [0.1, 0.15) is 43.9 Å². The largest absolute Gasteiger partial charge is 0.496 e. The Kier molecular flexibility index (Phi) is 4.11. The van der Waals surface area contributed by atoms with Crippen molar-refractivity contribution in [1.82, 2.24) is 0 Å². The first-order valence-corrected chi connectivity index (χ1v) is 7.30. The molecule has 0 saturated carbocycles. The molecular formula is C15H21BrO3. The summed E-state index contributed by atoms with van der Waals surface area (Å²) in [4.78, 5) is 0. The molecule has 0 heterocycles. The van der Waals surface area contributed by atoms with Crippen molar-refractivity contribution in [2.24, 2.45) is 5.41 Å². The number of aliphatic hydroxyl groups excluding tert-OH is 1. The molecule has 0 amide bonds. The number of ether oxygens (including phenoxy) is 2. The summed E-state index contributed by atoms with van der Waals surface area (Å²) in [6, 6.07) is 1.92. The van der Waals surface area contributed by atoms with Crippen molar-refractivity contribution in [3.63, 3.8) is 0 Å². The van der Waals surface area contributed by atoms with E-state index in [0.29, 0.717) is 0 Å². The summed E-state index contributed by atoms with van der Waals surface area (Å²) in [5.41, 5.74) is 2.06. The molecule has 2 rings (SSSR count). The lowest BCUT2D eigenvalue weighted by Gasteiger charge is -2.24. The standard InChI is InChI=1S/C15H21BrO3/c1-15(2)6-5-9-12(18-3)7-10(16)14(19-4)13(9)11(17)8-15/h7,11,17H,5-6,8H2,1-4H3. The highest BCUT2D eigenvalue weighted by atomic mass is 79.9. The van der Waals surface area contributed by atoms with Crippen LogP contribution in [0.25, 0.3) is 0 Å². The molecule has 4 heteroatoms. The fraction of sp³-hybridized carbons (Fsp3) is 0.600. The minimum atomic E-state index is -0.520. The van der Waals surface area contributed by atoms with Crippen molar-refractivity contribution in [1.29, 1.82) is 0 Å². The maximum absolute atomic E-state index is 10.6. The lowest BCUT2D eigenvalue weighted by molar-refractivity contribution is 0.114. The van der Waals surface area contributed by atoms with Crippen LogP contribution in [0, 0.1) is 5.41 Å². The second kappa shape index (κ2) is 5.33. The van der Waals surface area contributed by atoms with Crippen molar-refractivity contribution in [2.75, 3.05) is 14.2 Å². The summed E-state index contributed by atoms with van der Waals surface area (Å²) in [7, 11) is 3.30. The van der Waals surface area contributed by atoms with Crippen molar-refractivity contribution in [3.05, 3.63) is 21.7 Å². The number of fused-ring (bicyclic) bond motifs is 1. The number of halogens is 1. The van der Waals surface area contributed by atoms with Crippen LogP contribution in [0.2, 0.25) is 0 Å². The van der Waals surface area contributed by atoms with E-state index >= 15 is 0 Å². The summed E-state index contributed by atoms with van der Waals surface area (Å²) in [6.45, 7) is 4.38. The van der Waals surface area contributed by atoms with E-state index in [2.05, 4.69) is 29.8 Å². The number of hydrogen-bond acceptors (Lipinski definition) is 3. The van der Waals surface area contributed by atoms with Crippen LogP contribution in [0.5, 0.6) is 11.5 Å². The molecule has 3 nitrogen and oxygen atoms in total. The van der Waals surface area contributed by atoms with Gasteiger partial charge in [0.2, 0.25) is 0 Å². The van der Waals surface area contributed by atoms with Crippen molar-refractivity contribution in [2.45, 2.75) is 39.2 Å². The number of hydrogen-bond donors (Lipinski definition) is 1. The van der Waals surface area contributed by atoms with Gasteiger partial charge < -0.3 is 14.6 Å². The van der Waals surface area contributed by atoms with Crippen LogP contribution in [-0.4, -0.2) is 19.3 Å². The van der Waals surface area contributed by atoms with Crippen LogP contribution in [0.4, 0.5) is 0 Å². The van der Waals surface area contributed by atoms with Crippen molar-refractivity contribution < 1.29 is 14.6 Å². The SMILES string of the molecule is COc1cc(Br)c(OC)c2c1CCC(C)(C)CC2O. The molecule has 19 heavy (non-hydrogen) atoms. The molecule has 0 aromatic heterocycles. The Balaban J connectivity index is 2.63. The fourth-order valence-electron chi connectivity index (χ4n) is 2.86. The van der Waals surface area contributed by atoms with E-state index in [-0.39, 0.29) is 5.41 Å². The molecule has 0 aliphatic heterocycles. The normalized spacial score (nSPS) is 21.5. The summed E-state index contributed by atoms with van der Waals surface area (Å²) < 4.78 is 11.8. The van der Waals surface area contributed by atoms with Gasteiger partial charge in [0.05, 0.1) is 24.8 Å². The zero-order valence-electron chi connectivity index (χ0n) is 11.9. The Morgan fingerprint density at radius 3 is 2.58 bits per heavy atom. The molecule has 0 bridgehead atoms. The maximum atomic E-state index is 10.6. The smallest absolute Gasteiger partial charge is 0.139 e. The summed E-state index contributed by atoms with van der Waals surface area (Å²) in [5, 5.41) is 10.6. The molecule has 1 unspecified atom stereocenters. The van der Waals surface area contributed by atoms with Gasteiger partial charge in [0.25, 0.3) is 0 Å². The highest BCUT2D eigenvalue weighted by Crippen LogP contribution is 2.48. The second-order valence-corrected chi connectivity index (χ2v) is 6.72. The van der Waals surface area contributed by atoms with Gasteiger partial charge in [0.15, 0.2) is 0 Å². The first-order chi connectivity index (χ1) is 8.89. The molecule has 1 aliphatic rings. The van der Waals surface area contributed by atoms with Gasteiger partial charge in [0.1, 0.15) is 11.5 Å². The minimum Gasteiger partial charge on any atom is -0.496 e. The molecule has 0 fully saturated rings. The van der Waals surface area contributed by atoms with Gasteiger partial charge >= 0.3 is 0 Å². The van der Waals surface area contributed by atoms with Crippen molar-refractivity contribution in [3.8, 4) is 11.5 Å². The monoisotopic (exact) mass is 328 g/mol. The van der Waals surface area contributed by atoms with E-state index in [1.54, 1.807) is 14.2 Å². The van der Waals surface area contributed by atoms with Crippen molar-refractivity contribution >= 4 is 15.9 Å². The van der Waals surface area contributed by atoms with Gasteiger partial charge in [-0.1, -0.05) is 13.8 Å². The average molecular weight is 329 g/mol. The van der Waals surface area contributed by atoms with E-state index < -0.39 is 6.10 Å². The van der Waals surface area contributed by atoms with Gasteiger partial charge in [-0.25, -0.2) is 0 Å². The van der Waals surface area contributed by atoms with E-state index in [9.17, 15) is 5.11 Å². The van der Waals surface area contributed by atoms with E-state index in [1.807, 2.05) is 6.07 Å². The second-order valence-electron chi connectivity index (χ2n) is 5.87. The molecule has 0 radical (unpaired) electrons. The summed E-state index contributed by atoms with van der Waals surface area (Å²) in [5.74, 6) is 1.54. The summed E-state index contributed by atoms with van der Waals surface area (Å²) >= 11 is 3.49. The highest BCUT2D eigenvalue weighted by molar-refractivity contribution is 9.10. The van der Waals surface area contributed by atoms with Crippen LogP contribution >= 0.6 is 15.9 Å². The first-order valence-electron chi connectivity index (χ1n) is 6.51. The highest BCUT2D eigenvalue weighted by Gasteiger charge is 2.33.